The monoisotopic (exact) mass is 364 g/mol. The Morgan fingerprint density at radius 2 is 1.92 bits per heavy atom. The number of carbonyl (C=O) groups excluding carboxylic acids is 1. The van der Waals surface area contributed by atoms with Crippen LogP contribution in [0.1, 0.15) is 30.4 Å². The molecule has 1 atom stereocenters. The Morgan fingerprint density at radius 3 is 2.42 bits per heavy atom. The van der Waals surface area contributed by atoms with Gasteiger partial charge in [-0.3, -0.25) is 9.59 Å². The van der Waals surface area contributed by atoms with Crippen LogP contribution in [-0.2, 0) is 11.8 Å². The summed E-state index contributed by atoms with van der Waals surface area (Å²) >= 11 is 0. The van der Waals surface area contributed by atoms with E-state index in [1.807, 2.05) is 0 Å². The van der Waals surface area contributed by atoms with Gasteiger partial charge in [0.2, 0.25) is 6.41 Å². The Hall–Kier alpha value is -2.70. The fourth-order valence-corrected chi connectivity index (χ4v) is 2.97. The normalized spacial score (nSPS) is 11.9. The van der Waals surface area contributed by atoms with E-state index in [1.54, 1.807) is 33.2 Å². The minimum atomic E-state index is -0.739. The molecule has 0 aliphatic heterocycles. The van der Waals surface area contributed by atoms with Gasteiger partial charge >= 0.3 is 0 Å². The summed E-state index contributed by atoms with van der Waals surface area (Å²) in [6.45, 7) is 3.47. The summed E-state index contributed by atoms with van der Waals surface area (Å²) in [5, 5.41) is 0. The molecule has 1 unspecified atom stereocenters. The summed E-state index contributed by atoms with van der Waals surface area (Å²) < 4.78 is 35.1. The van der Waals surface area contributed by atoms with Crippen molar-refractivity contribution in [2.75, 3.05) is 18.6 Å². The number of hydrogen-bond acceptors (Lipinski definition) is 3. The molecule has 7 heteroatoms. The SMILES string of the molecule is CCC(CN(C=O)c1c(C)ccn(C)c1=O)c1c(F)cc(OC)cc1F. The van der Waals surface area contributed by atoms with Crippen LogP contribution < -0.4 is 15.2 Å². The Kier molecular flexibility index (Phi) is 6.13. The number of halogens is 2. The lowest BCUT2D eigenvalue weighted by atomic mass is 9.94. The molecule has 5 nitrogen and oxygen atoms in total. The van der Waals surface area contributed by atoms with Gasteiger partial charge in [-0.2, -0.15) is 0 Å². The molecule has 0 aliphatic rings. The van der Waals surface area contributed by atoms with E-state index < -0.39 is 17.6 Å². The highest BCUT2D eigenvalue weighted by Crippen LogP contribution is 2.30. The topological polar surface area (TPSA) is 51.5 Å². The van der Waals surface area contributed by atoms with Gasteiger partial charge in [0.05, 0.1) is 7.11 Å². The van der Waals surface area contributed by atoms with E-state index in [4.69, 9.17) is 4.74 Å². The molecule has 0 fully saturated rings. The Bertz CT molecular complexity index is 841. The van der Waals surface area contributed by atoms with Crippen LogP contribution in [0.4, 0.5) is 14.5 Å². The van der Waals surface area contributed by atoms with Crippen molar-refractivity contribution in [2.45, 2.75) is 26.2 Å². The summed E-state index contributed by atoms with van der Waals surface area (Å²) in [5.41, 5.74) is 0.358. The highest BCUT2D eigenvalue weighted by molar-refractivity contribution is 5.76. The summed E-state index contributed by atoms with van der Waals surface area (Å²) in [6, 6.07) is 3.93. The van der Waals surface area contributed by atoms with Crippen molar-refractivity contribution < 1.29 is 18.3 Å². The molecule has 0 N–H and O–H groups in total. The standard InChI is InChI=1S/C19H22F2N2O3/c1-5-13(17-15(20)8-14(26-4)9-16(17)21)10-23(11-24)18-12(2)6-7-22(3)19(18)25/h6-9,11,13H,5,10H2,1-4H3. The van der Waals surface area contributed by atoms with Crippen LogP contribution in [0.25, 0.3) is 0 Å². The van der Waals surface area contributed by atoms with Gasteiger partial charge in [-0.15, -0.1) is 0 Å². The van der Waals surface area contributed by atoms with Gasteiger partial charge < -0.3 is 14.2 Å². The minimum absolute atomic E-state index is 0.0136. The first kappa shape index (κ1) is 19.6. The van der Waals surface area contributed by atoms with Crippen LogP contribution in [-0.4, -0.2) is 24.6 Å². The van der Waals surface area contributed by atoms with Gasteiger partial charge in [0.15, 0.2) is 0 Å². The fourth-order valence-electron chi connectivity index (χ4n) is 2.97. The van der Waals surface area contributed by atoms with E-state index >= 15 is 0 Å². The number of anilines is 1. The summed E-state index contributed by atoms with van der Waals surface area (Å²) in [5.74, 6) is -2.01. The molecule has 1 heterocycles. The molecular formula is C19H22F2N2O3. The number of pyridine rings is 1. The van der Waals surface area contributed by atoms with Crippen molar-refractivity contribution in [3.63, 3.8) is 0 Å². The number of methoxy groups -OCH3 is 1. The van der Waals surface area contributed by atoms with Gasteiger partial charge in [-0.05, 0) is 25.0 Å². The number of amides is 1. The molecule has 0 aliphatic carbocycles. The minimum Gasteiger partial charge on any atom is -0.497 e. The van der Waals surface area contributed by atoms with Crippen molar-refractivity contribution in [3.05, 3.63) is 57.5 Å². The molecule has 0 saturated carbocycles. The lowest BCUT2D eigenvalue weighted by molar-refractivity contribution is -0.107. The molecule has 26 heavy (non-hydrogen) atoms. The molecule has 1 amide bonds. The average molecular weight is 364 g/mol. The van der Waals surface area contributed by atoms with Crippen molar-refractivity contribution in [1.29, 1.82) is 0 Å². The number of hydrogen-bond donors (Lipinski definition) is 0. The maximum atomic E-state index is 14.4. The summed E-state index contributed by atoms with van der Waals surface area (Å²) in [4.78, 5) is 25.3. The van der Waals surface area contributed by atoms with Crippen molar-refractivity contribution in [1.82, 2.24) is 4.57 Å². The fraction of sp³-hybridized carbons (Fsp3) is 0.368. The largest absolute Gasteiger partial charge is 0.497 e. The summed E-state index contributed by atoms with van der Waals surface area (Å²) in [6.07, 6.45) is 2.51. The van der Waals surface area contributed by atoms with Crippen LogP contribution in [0.2, 0.25) is 0 Å². The van der Waals surface area contributed by atoms with Crippen molar-refractivity contribution in [3.8, 4) is 5.75 Å². The van der Waals surface area contributed by atoms with E-state index in [0.717, 1.165) is 12.1 Å². The lowest BCUT2D eigenvalue weighted by Gasteiger charge is -2.25. The highest BCUT2D eigenvalue weighted by Gasteiger charge is 2.24. The third kappa shape index (κ3) is 3.76. The molecule has 140 valence electrons. The van der Waals surface area contributed by atoms with Gasteiger partial charge in [0.25, 0.3) is 5.56 Å². The molecule has 1 aromatic carbocycles. The zero-order valence-electron chi connectivity index (χ0n) is 15.3. The second kappa shape index (κ2) is 8.12. The van der Waals surface area contributed by atoms with E-state index in [9.17, 15) is 18.4 Å². The Morgan fingerprint density at radius 1 is 1.31 bits per heavy atom. The first-order chi connectivity index (χ1) is 12.3. The average Bonchev–Trinajstić information content (AvgIpc) is 2.61. The third-order valence-corrected chi connectivity index (χ3v) is 4.47. The van der Waals surface area contributed by atoms with E-state index in [1.165, 1.54) is 16.6 Å². The zero-order chi connectivity index (χ0) is 19.4. The maximum absolute atomic E-state index is 14.4. The van der Waals surface area contributed by atoms with E-state index in [2.05, 4.69) is 0 Å². The van der Waals surface area contributed by atoms with Gasteiger partial charge in [0.1, 0.15) is 23.1 Å². The summed E-state index contributed by atoms with van der Waals surface area (Å²) in [7, 11) is 2.90. The highest BCUT2D eigenvalue weighted by atomic mass is 19.1. The number of nitrogens with zero attached hydrogens (tertiary/aromatic N) is 2. The molecule has 2 rings (SSSR count). The van der Waals surface area contributed by atoms with Gasteiger partial charge in [0, 0.05) is 43.4 Å². The molecule has 0 spiro atoms. The quantitative estimate of drug-likeness (QED) is 0.710. The van der Waals surface area contributed by atoms with Crippen molar-refractivity contribution >= 4 is 12.1 Å². The number of aromatic nitrogens is 1. The smallest absolute Gasteiger partial charge is 0.274 e. The molecule has 2 aromatic rings. The van der Waals surface area contributed by atoms with Crippen molar-refractivity contribution in [2.24, 2.45) is 7.05 Å². The first-order valence-corrected chi connectivity index (χ1v) is 8.25. The number of rotatable bonds is 7. The lowest BCUT2D eigenvalue weighted by Crippen LogP contribution is -2.34. The number of benzene rings is 1. The number of ether oxygens (including phenoxy) is 1. The predicted molar refractivity (Wildman–Crippen MR) is 95.8 cm³/mol. The van der Waals surface area contributed by atoms with E-state index in [-0.39, 0.29) is 29.1 Å². The van der Waals surface area contributed by atoms with Crippen LogP contribution in [0.5, 0.6) is 5.75 Å². The van der Waals surface area contributed by atoms with Gasteiger partial charge in [-0.1, -0.05) is 6.92 Å². The number of aryl methyl sites for hydroxylation is 2. The maximum Gasteiger partial charge on any atom is 0.274 e. The molecule has 0 bridgehead atoms. The second-order valence-corrected chi connectivity index (χ2v) is 6.13. The third-order valence-electron chi connectivity index (χ3n) is 4.47. The Labute approximate surface area is 150 Å². The molecular weight excluding hydrogens is 342 g/mol. The molecule has 0 radical (unpaired) electrons. The second-order valence-electron chi connectivity index (χ2n) is 6.13. The van der Waals surface area contributed by atoms with Gasteiger partial charge in [-0.25, -0.2) is 8.78 Å². The molecule has 1 aromatic heterocycles. The van der Waals surface area contributed by atoms with Crippen LogP contribution in [0.3, 0.4) is 0 Å². The zero-order valence-corrected chi connectivity index (χ0v) is 15.3. The number of carbonyl (C=O) groups is 1. The molecule has 0 saturated heterocycles. The predicted octanol–water partition coefficient (Wildman–Crippen LogP) is 3.14. The van der Waals surface area contributed by atoms with Crippen LogP contribution in [0, 0.1) is 18.6 Å². The van der Waals surface area contributed by atoms with Crippen LogP contribution in [0.15, 0.2) is 29.2 Å². The van der Waals surface area contributed by atoms with Crippen LogP contribution >= 0.6 is 0 Å². The Balaban J connectivity index is 2.45. The van der Waals surface area contributed by atoms with E-state index in [0.29, 0.717) is 18.4 Å². The first-order valence-electron chi connectivity index (χ1n) is 8.25.